The van der Waals surface area contributed by atoms with Gasteiger partial charge in [0.1, 0.15) is 0 Å². The quantitative estimate of drug-likeness (QED) is 0.746. The lowest BCUT2D eigenvalue weighted by molar-refractivity contribution is -0.152. The summed E-state index contributed by atoms with van der Waals surface area (Å²) in [6.45, 7) is 6.43. The van der Waals surface area contributed by atoms with Crippen molar-refractivity contribution < 1.29 is 14.7 Å². The van der Waals surface area contributed by atoms with Crippen LogP contribution in [0.4, 0.5) is 0 Å². The first-order valence-electron chi connectivity index (χ1n) is 6.76. The molecule has 1 saturated heterocycles. The molecule has 1 aliphatic rings. The van der Waals surface area contributed by atoms with Crippen LogP contribution in [0.25, 0.3) is 0 Å². The van der Waals surface area contributed by atoms with E-state index in [1.807, 2.05) is 18.7 Å². The number of hydrogen-bond acceptors (Lipinski definition) is 3. The zero-order valence-corrected chi connectivity index (χ0v) is 11.4. The molecule has 0 radical (unpaired) electrons. The Kier molecular flexibility index (Phi) is 5.59. The lowest BCUT2D eigenvalue weighted by Crippen LogP contribution is -2.47. The van der Waals surface area contributed by atoms with E-state index in [1.54, 1.807) is 0 Å². The molecule has 104 valence electrons. The number of likely N-dealkylation sites (tertiary alicyclic amines) is 1. The number of nitrogens with zero attached hydrogens (tertiary/aromatic N) is 1. The van der Waals surface area contributed by atoms with Crippen LogP contribution in [0.3, 0.4) is 0 Å². The highest BCUT2D eigenvalue weighted by atomic mass is 16.4. The van der Waals surface area contributed by atoms with Gasteiger partial charge in [-0.3, -0.25) is 14.5 Å². The third-order valence-corrected chi connectivity index (χ3v) is 3.88. The third kappa shape index (κ3) is 3.70. The monoisotopic (exact) mass is 256 g/mol. The third-order valence-electron chi connectivity index (χ3n) is 3.88. The van der Waals surface area contributed by atoms with Gasteiger partial charge in [0.25, 0.3) is 0 Å². The van der Waals surface area contributed by atoms with Crippen molar-refractivity contribution in [3.63, 3.8) is 0 Å². The van der Waals surface area contributed by atoms with Crippen molar-refractivity contribution in [2.75, 3.05) is 26.2 Å². The average Bonchev–Trinajstić information content (AvgIpc) is 2.37. The Balaban J connectivity index is 2.39. The summed E-state index contributed by atoms with van der Waals surface area (Å²) in [7, 11) is 0. The number of carbonyl (C=O) groups excluding carboxylic acids is 1. The van der Waals surface area contributed by atoms with Crippen molar-refractivity contribution in [3.8, 4) is 0 Å². The molecule has 0 aromatic heterocycles. The number of amides is 1. The Labute approximate surface area is 109 Å². The second-order valence-corrected chi connectivity index (χ2v) is 5.07. The fraction of sp³-hybridized carbons (Fsp3) is 0.846. The van der Waals surface area contributed by atoms with Crippen LogP contribution >= 0.6 is 0 Å². The van der Waals surface area contributed by atoms with Crippen LogP contribution in [0.15, 0.2) is 0 Å². The van der Waals surface area contributed by atoms with E-state index in [1.165, 1.54) is 0 Å². The summed E-state index contributed by atoms with van der Waals surface area (Å²) in [4.78, 5) is 24.9. The lowest BCUT2D eigenvalue weighted by atomic mass is 9.76. The smallest absolute Gasteiger partial charge is 0.309 e. The fourth-order valence-electron chi connectivity index (χ4n) is 2.38. The van der Waals surface area contributed by atoms with Crippen molar-refractivity contribution >= 4 is 11.9 Å². The molecule has 0 aromatic carbocycles. The summed E-state index contributed by atoms with van der Waals surface area (Å²) in [5.41, 5.74) is -0.573. The Bertz CT molecular complexity index is 297. The SMILES string of the molecule is CCCNC(=O)CN1CCC(CC)(C(=O)O)CC1. The predicted molar refractivity (Wildman–Crippen MR) is 69.3 cm³/mol. The van der Waals surface area contributed by atoms with Crippen LogP contribution < -0.4 is 5.32 Å². The van der Waals surface area contributed by atoms with Gasteiger partial charge in [0.15, 0.2) is 0 Å². The Morgan fingerprint density at radius 1 is 1.28 bits per heavy atom. The first kappa shape index (κ1) is 15.0. The molecule has 0 bridgehead atoms. The van der Waals surface area contributed by atoms with E-state index in [9.17, 15) is 14.7 Å². The maximum absolute atomic E-state index is 11.6. The van der Waals surface area contributed by atoms with Crippen LogP contribution in [0.5, 0.6) is 0 Å². The lowest BCUT2D eigenvalue weighted by Gasteiger charge is -2.37. The van der Waals surface area contributed by atoms with Gasteiger partial charge in [-0.1, -0.05) is 13.8 Å². The van der Waals surface area contributed by atoms with Crippen LogP contribution in [0, 0.1) is 5.41 Å². The summed E-state index contributed by atoms with van der Waals surface area (Å²) < 4.78 is 0. The van der Waals surface area contributed by atoms with E-state index in [4.69, 9.17) is 0 Å². The second kappa shape index (κ2) is 6.73. The second-order valence-electron chi connectivity index (χ2n) is 5.07. The normalized spacial score (nSPS) is 19.4. The van der Waals surface area contributed by atoms with Gasteiger partial charge in [0.05, 0.1) is 12.0 Å². The topological polar surface area (TPSA) is 69.6 Å². The Morgan fingerprint density at radius 2 is 1.89 bits per heavy atom. The number of piperidine rings is 1. The summed E-state index contributed by atoms with van der Waals surface area (Å²) in [6.07, 6.45) is 2.88. The molecule has 0 atom stereocenters. The van der Waals surface area contributed by atoms with Crippen molar-refractivity contribution in [3.05, 3.63) is 0 Å². The van der Waals surface area contributed by atoms with Crippen LogP contribution in [0.2, 0.25) is 0 Å². The molecule has 0 spiro atoms. The number of carboxylic acid groups (broad SMARTS) is 1. The highest BCUT2D eigenvalue weighted by Crippen LogP contribution is 2.34. The molecule has 0 aliphatic carbocycles. The number of hydrogen-bond donors (Lipinski definition) is 2. The van der Waals surface area contributed by atoms with Crippen molar-refractivity contribution in [2.45, 2.75) is 39.5 Å². The highest BCUT2D eigenvalue weighted by Gasteiger charge is 2.39. The predicted octanol–water partition coefficient (Wildman–Crippen LogP) is 1.09. The molecule has 1 aliphatic heterocycles. The largest absolute Gasteiger partial charge is 0.481 e. The van der Waals surface area contributed by atoms with E-state index in [0.717, 1.165) is 6.42 Å². The van der Waals surface area contributed by atoms with Gasteiger partial charge >= 0.3 is 5.97 Å². The summed E-state index contributed by atoms with van der Waals surface area (Å²) in [6, 6.07) is 0. The minimum atomic E-state index is -0.694. The molecule has 0 unspecified atom stereocenters. The molecule has 1 heterocycles. The Morgan fingerprint density at radius 3 is 2.33 bits per heavy atom. The van der Waals surface area contributed by atoms with Gasteiger partial charge in [-0.05, 0) is 38.8 Å². The number of carboxylic acids is 1. The zero-order chi connectivity index (χ0) is 13.6. The minimum absolute atomic E-state index is 0.0381. The molecule has 18 heavy (non-hydrogen) atoms. The molecule has 0 aromatic rings. The Hall–Kier alpha value is -1.10. The van der Waals surface area contributed by atoms with Crippen LogP contribution in [-0.4, -0.2) is 48.1 Å². The molecular weight excluding hydrogens is 232 g/mol. The number of aliphatic carboxylic acids is 1. The van der Waals surface area contributed by atoms with Crippen LogP contribution in [-0.2, 0) is 9.59 Å². The maximum Gasteiger partial charge on any atom is 0.309 e. The molecule has 5 nitrogen and oxygen atoms in total. The summed E-state index contributed by atoms with van der Waals surface area (Å²) >= 11 is 0. The van der Waals surface area contributed by atoms with Gasteiger partial charge in [0.2, 0.25) is 5.91 Å². The van der Waals surface area contributed by atoms with Gasteiger partial charge < -0.3 is 10.4 Å². The standard InChI is InChI=1S/C13H24N2O3/c1-3-7-14-11(16)10-15-8-5-13(4-2,6-9-15)12(17)18/h3-10H2,1-2H3,(H,14,16)(H,17,18). The zero-order valence-electron chi connectivity index (χ0n) is 11.4. The van der Waals surface area contributed by atoms with E-state index in [0.29, 0.717) is 45.4 Å². The first-order valence-corrected chi connectivity index (χ1v) is 6.76. The summed E-state index contributed by atoms with van der Waals surface area (Å²) in [5, 5.41) is 12.1. The first-order chi connectivity index (χ1) is 8.54. The van der Waals surface area contributed by atoms with Gasteiger partial charge in [-0.25, -0.2) is 0 Å². The number of nitrogens with one attached hydrogen (secondary N) is 1. The molecular formula is C13H24N2O3. The van der Waals surface area contributed by atoms with Gasteiger partial charge in [0, 0.05) is 6.54 Å². The van der Waals surface area contributed by atoms with Crippen molar-refractivity contribution in [1.82, 2.24) is 10.2 Å². The van der Waals surface area contributed by atoms with E-state index in [2.05, 4.69) is 5.32 Å². The minimum Gasteiger partial charge on any atom is -0.481 e. The molecule has 2 N–H and O–H groups in total. The number of carbonyl (C=O) groups is 2. The van der Waals surface area contributed by atoms with E-state index in [-0.39, 0.29) is 5.91 Å². The molecule has 1 fully saturated rings. The van der Waals surface area contributed by atoms with Crippen molar-refractivity contribution in [1.29, 1.82) is 0 Å². The fourth-order valence-corrected chi connectivity index (χ4v) is 2.38. The van der Waals surface area contributed by atoms with Gasteiger partial charge in [-0.15, -0.1) is 0 Å². The molecule has 1 amide bonds. The van der Waals surface area contributed by atoms with Gasteiger partial charge in [-0.2, -0.15) is 0 Å². The molecule has 5 heteroatoms. The maximum atomic E-state index is 11.6. The molecule has 0 saturated carbocycles. The van der Waals surface area contributed by atoms with E-state index < -0.39 is 11.4 Å². The summed E-state index contributed by atoms with van der Waals surface area (Å²) in [5.74, 6) is -0.656. The highest BCUT2D eigenvalue weighted by molar-refractivity contribution is 5.78. The number of rotatable bonds is 6. The average molecular weight is 256 g/mol. The van der Waals surface area contributed by atoms with Crippen molar-refractivity contribution in [2.24, 2.45) is 5.41 Å². The molecule has 1 rings (SSSR count). The van der Waals surface area contributed by atoms with E-state index >= 15 is 0 Å². The van der Waals surface area contributed by atoms with Crippen LogP contribution in [0.1, 0.15) is 39.5 Å².